The van der Waals surface area contributed by atoms with Crippen LogP contribution in [-0.2, 0) is 11.3 Å². The van der Waals surface area contributed by atoms with Crippen molar-refractivity contribution in [2.24, 2.45) is 5.92 Å². The summed E-state index contributed by atoms with van der Waals surface area (Å²) in [5.74, 6) is -0.898. The van der Waals surface area contributed by atoms with E-state index >= 15 is 0 Å². The van der Waals surface area contributed by atoms with Crippen LogP contribution < -0.4 is 10.2 Å². The summed E-state index contributed by atoms with van der Waals surface area (Å²) >= 11 is 0. The predicted octanol–water partition coefficient (Wildman–Crippen LogP) is 2.34. The van der Waals surface area contributed by atoms with Gasteiger partial charge in [-0.3, -0.25) is 19.2 Å². The van der Waals surface area contributed by atoms with E-state index in [4.69, 9.17) is 0 Å². The Hall–Kier alpha value is -3.55. The number of hydrogen-bond acceptors (Lipinski definition) is 4. The van der Waals surface area contributed by atoms with Crippen molar-refractivity contribution in [3.05, 3.63) is 77.5 Å². The van der Waals surface area contributed by atoms with Crippen LogP contribution in [0.4, 0.5) is 10.2 Å². The van der Waals surface area contributed by atoms with Crippen LogP contribution in [0.25, 0.3) is 0 Å². The Labute approximate surface area is 172 Å². The Bertz CT molecular complexity index is 1130. The van der Waals surface area contributed by atoms with Crippen molar-refractivity contribution in [3.8, 4) is 0 Å². The molecule has 3 aromatic rings. The van der Waals surface area contributed by atoms with E-state index in [1.54, 1.807) is 13.2 Å². The summed E-state index contributed by atoms with van der Waals surface area (Å²) in [5.41, 5.74) is 1.64. The number of nitrogens with zero attached hydrogens (tertiary/aromatic N) is 4. The highest BCUT2D eigenvalue weighted by Crippen LogP contribution is 2.53. The zero-order chi connectivity index (χ0) is 20.8. The molecule has 1 aliphatic carbocycles. The molecular weight excluding hydrogens is 385 g/mol. The third kappa shape index (κ3) is 3.14. The number of aromatic nitrogens is 3. The minimum Gasteiger partial charge on any atom is -0.338 e. The normalized spacial score (nSPS) is 22.1. The summed E-state index contributed by atoms with van der Waals surface area (Å²) < 4.78 is 15.8. The summed E-state index contributed by atoms with van der Waals surface area (Å²) in [5, 5.41) is 6.83. The van der Waals surface area contributed by atoms with Crippen molar-refractivity contribution in [2.45, 2.75) is 24.9 Å². The van der Waals surface area contributed by atoms with Crippen LogP contribution >= 0.6 is 0 Å². The molecule has 0 unspecified atom stereocenters. The number of fused-ring (bicyclic) bond motifs is 3. The minimum absolute atomic E-state index is 0.0242. The number of benzene rings is 1. The van der Waals surface area contributed by atoms with Crippen LogP contribution in [0.3, 0.4) is 0 Å². The predicted molar refractivity (Wildman–Crippen MR) is 107 cm³/mol. The first-order chi connectivity index (χ1) is 14.5. The highest BCUT2D eigenvalue weighted by atomic mass is 19.1. The van der Waals surface area contributed by atoms with Gasteiger partial charge in [-0.1, -0.05) is 36.4 Å². The average molecular weight is 405 g/mol. The molecule has 0 radical (unpaired) electrons. The lowest BCUT2D eigenvalue weighted by molar-refractivity contribution is -0.120. The zero-order valence-electron chi connectivity index (χ0n) is 16.3. The molecule has 2 aromatic heterocycles. The molecule has 3 atom stereocenters. The highest BCUT2D eigenvalue weighted by Gasteiger charge is 2.52. The number of rotatable bonds is 4. The van der Waals surface area contributed by atoms with Crippen LogP contribution in [0.5, 0.6) is 0 Å². The van der Waals surface area contributed by atoms with Crippen LogP contribution in [0, 0.1) is 11.7 Å². The summed E-state index contributed by atoms with van der Waals surface area (Å²) in [6, 6.07) is 12.5. The van der Waals surface area contributed by atoms with Gasteiger partial charge in [-0.05, 0) is 35.4 Å². The first-order valence-electron chi connectivity index (χ1n) is 9.83. The Morgan fingerprint density at radius 3 is 2.83 bits per heavy atom. The van der Waals surface area contributed by atoms with Crippen LogP contribution in [0.1, 0.15) is 34.0 Å². The van der Waals surface area contributed by atoms with E-state index in [0.717, 1.165) is 17.5 Å². The summed E-state index contributed by atoms with van der Waals surface area (Å²) in [6.45, 7) is 0.349. The maximum Gasteiger partial charge on any atom is 0.275 e. The molecule has 3 heterocycles. The van der Waals surface area contributed by atoms with Crippen molar-refractivity contribution < 1.29 is 14.0 Å². The van der Waals surface area contributed by atoms with Crippen molar-refractivity contribution in [3.63, 3.8) is 0 Å². The highest BCUT2D eigenvalue weighted by molar-refractivity contribution is 6.02. The molecule has 152 valence electrons. The maximum atomic E-state index is 14.4. The van der Waals surface area contributed by atoms with Gasteiger partial charge in [-0.15, -0.1) is 0 Å². The van der Waals surface area contributed by atoms with E-state index < -0.39 is 17.8 Å². The first-order valence-corrected chi connectivity index (χ1v) is 9.83. The molecule has 1 saturated carbocycles. The quantitative estimate of drug-likeness (QED) is 0.723. The van der Waals surface area contributed by atoms with E-state index in [9.17, 15) is 14.0 Å². The third-order valence-electron chi connectivity index (χ3n) is 5.80. The molecule has 2 aliphatic rings. The summed E-state index contributed by atoms with van der Waals surface area (Å²) in [6.07, 6.45) is 3.63. The molecule has 30 heavy (non-hydrogen) atoms. The number of likely N-dealkylation sites (N-methyl/N-ethyl adjacent to an activating group) is 1. The monoisotopic (exact) mass is 405 g/mol. The molecule has 8 heteroatoms. The second-order valence-corrected chi connectivity index (χ2v) is 7.78. The number of halogens is 1. The smallest absolute Gasteiger partial charge is 0.275 e. The number of pyridine rings is 1. The Morgan fingerprint density at radius 1 is 1.23 bits per heavy atom. The number of carbonyl (C=O) groups is 2. The molecule has 2 amide bonds. The lowest BCUT2D eigenvalue weighted by atomic mass is 10.1. The largest absolute Gasteiger partial charge is 0.338 e. The average Bonchev–Trinajstić information content (AvgIpc) is 3.47. The fraction of sp³-hybridized carbons (Fsp3) is 0.273. The standard InChI is InChI=1S/C22H20FN5O2/c1-27-20-14(8-5-9-24-20)15-10-16(15)18(22(27)30)25-21(29)19-17(23)12-28(26-19)11-13-6-3-2-4-7-13/h2-9,12,15-16,18H,10-11H2,1H3,(H,25,29)/t15-,16-,18-/m1/s1. The van der Waals surface area contributed by atoms with Crippen molar-refractivity contribution in [2.75, 3.05) is 11.9 Å². The van der Waals surface area contributed by atoms with Gasteiger partial charge in [0.25, 0.3) is 11.8 Å². The third-order valence-corrected chi connectivity index (χ3v) is 5.80. The molecule has 0 bridgehead atoms. The minimum atomic E-state index is -0.736. The van der Waals surface area contributed by atoms with Gasteiger partial charge in [-0.2, -0.15) is 5.10 Å². The molecule has 7 nitrogen and oxygen atoms in total. The van der Waals surface area contributed by atoms with Crippen molar-refractivity contribution >= 4 is 17.6 Å². The molecular formula is C22H20FN5O2. The fourth-order valence-electron chi connectivity index (χ4n) is 4.20. The van der Waals surface area contributed by atoms with Crippen molar-refractivity contribution in [1.82, 2.24) is 20.1 Å². The van der Waals surface area contributed by atoms with Gasteiger partial charge in [0.15, 0.2) is 11.5 Å². The molecule has 1 aliphatic heterocycles. The van der Waals surface area contributed by atoms with Gasteiger partial charge >= 0.3 is 0 Å². The molecule has 5 rings (SSSR count). The number of anilines is 1. The fourth-order valence-corrected chi connectivity index (χ4v) is 4.20. The van der Waals surface area contributed by atoms with Gasteiger partial charge < -0.3 is 5.32 Å². The van der Waals surface area contributed by atoms with E-state index in [1.807, 2.05) is 42.5 Å². The maximum absolute atomic E-state index is 14.4. The van der Waals surface area contributed by atoms with Gasteiger partial charge in [-0.25, -0.2) is 9.37 Å². The summed E-state index contributed by atoms with van der Waals surface area (Å²) in [4.78, 5) is 31.6. The second kappa shape index (κ2) is 7.05. The topological polar surface area (TPSA) is 80.1 Å². The molecule has 1 N–H and O–H groups in total. The van der Waals surface area contributed by atoms with E-state index in [0.29, 0.717) is 12.4 Å². The lowest BCUT2D eigenvalue weighted by Gasteiger charge is -2.22. The number of nitrogens with one attached hydrogen (secondary N) is 1. The Kier molecular flexibility index (Phi) is 4.34. The lowest BCUT2D eigenvalue weighted by Crippen LogP contribution is -2.48. The number of hydrogen-bond donors (Lipinski definition) is 1. The number of carbonyl (C=O) groups excluding carboxylic acids is 2. The van der Waals surface area contributed by atoms with Crippen LogP contribution in [0.15, 0.2) is 54.9 Å². The van der Waals surface area contributed by atoms with Crippen LogP contribution in [0.2, 0.25) is 0 Å². The Balaban J connectivity index is 1.36. The van der Waals surface area contributed by atoms with Gasteiger partial charge in [0.1, 0.15) is 11.9 Å². The van der Waals surface area contributed by atoms with E-state index in [2.05, 4.69) is 15.4 Å². The molecule has 0 spiro atoms. The van der Waals surface area contributed by atoms with Gasteiger partial charge in [0.2, 0.25) is 0 Å². The second-order valence-electron chi connectivity index (χ2n) is 7.78. The van der Waals surface area contributed by atoms with Gasteiger partial charge in [0.05, 0.1) is 12.7 Å². The molecule has 1 aromatic carbocycles. The van der Waals surface area contributed by atoms with Crippen LogP contribution in [-0.4, -0.2) is 39.7 Å². The zero-order valence-corrected chi connectivity index (χ0v) is 16.3. The van der Waals surface area contributed by atoms with Gasteiger partial charge in [0, 0.05) is 13.2 Å². The van der Waals surface area contributed by atoms with E-state index in [-0.39, 0.29) is 23.4 Å². The number of amides is 2. The summed E-state index contributed by atoms with van der Waals surface area (Å²) in [7, 11) is 1.65. The molecule has 0 saturated heterocycles. The first kappa shape index (κ1) is 18.5. The Morgan fingerprint density at radius 2 is 2.03 bits per heavy atom. The van der Waals surface area contributed by atoms with E-state index in [1.165, 1.54) is 15.8 Å². The SMILES string of the molecule is CN1C(=O)[C@H](NC(=O)c2nn(Cc3ccccc3)cc2F)[C@@H]2C[C@@H]2c2cccnc21. The van der Waals surface area contributed by atoms with Crippen molar-refractivity contribution in [1.29, 1.82) is 0 Å². The molecule has 1 fully saturated rings.